The SMILES string of the molecule is C#CCC(N)C(=O)NCCC. The molecule has 0 bridgehead atoms. The highest BCUT2D eigenvalue weighted by atomic mass is 16.2. The number of carbonyl (C=O) groups is 1. The van der Waals surface area contributed by atoms with E-state index in [4.69, 9.17) is 12.2 Å². The van der Waals surface area contributed by atoms with E-state index in [9.17, 15) is 4.79 Å². The van der Waals surface area contributed by atoms with Crippen LogP contribution >= 0.6 is 0 Å². The van der Waals surface area contributed by atoms with Gasteiger partial charge >= 0.3 is 0 Å². The van der Waals surface area contributed by atoms with E-state index in [0.717, 1.165) is 6.42 Å². The molecule has 11 heavy (non-hydrogen) atoms. The number of terminal acetylenes is 1. The molecular formula is C8H14N2O. The summed E-state index contributed by atoms with van der Waals surface area (Å²) >= 11 is 0. The standard InChI is InChI=1S/C8H14N2O/c1-3-5-7(9)8(11)10-6-4-2/h1,7H,4-6,9H2,2H3,(H,10,11). The van der Waals surface area contributed by atoms with Crippen LogP contribution in [0.2, 0.25) is 0 Å². The van der Waals surface area contributed by atoms with Crippen molar-refractivity contribution >= 4 is 5.91 Å². The molecule has 1 unspecified atom stereocenters. The van der Waals surface area contributed by atoms with Gasteiger partial charge in [0.1, 0.15) is 0 Å². The predicted octanol–water partition coefficient (Wildman–Crippen LogP) is -0.137. The Balaban J connectivity index is 3.57. The molecule has 0 radical (unpaired) electrons. The molecule has 0 spiro atoms. The molecule has 0 saturated carbocycles. The van der Waals surface area contributed by atoms with Gasteiger partial charge in [-0.2, -0.15) is 0 Å². The van der Waals surface area contributed by atoms with E-state index in [2.05, 4.69) is 11.2 Å². The van der Waals surface area contributed by atoms with Crippen LogP contribution in [0.4, 0.5) is 0 Å². The molecule has 1 amide bonds. The minimum atomic E-state index is -0.549. The molecule has 0 rings (SSSR count). The topological polar surface area (TPSA) is 55.1 Å². The van der Waals surface area contributed by atoms with Gasteiger partial charge in [0.15, 0.2) is 0 Å². The number of nitrogens with two attached hydrogens (primary N) is 1. The minimum absolute atomic E-state index is 0.162. The van der Waals surface area contributed by atoms with Crippen LogP contribution in [0.15, 0.2) is 0 Å². The van der Waals surface area contributed by atoms with E-state index in [0.29, 0.717) is 13.0 Å². The summed E-state index contributed by atoms with van der Waals surface area (Å²) < 4.78 is 0. The summed E-state index contributed by atoms with van der Waals surface area (Å²) in [7, 11) is 0. The summed E-state index contributed by atoms with van der Waals surface area (Å²) in [5, 5.41) is 2.66. The van der Waals surface area contributed by atoms with Gasteiger partial charge in [0.2, 0.25) is 5.91 Å². The van der Waals surface area contributed by atoms with Gasteiger partial charge in [-0.05, 0) is 6.42 Å². The Morgan fingerprint density at radius 3 is 2.91 bits per heavy atom. The first-order valence-corrected chi connectivity index (χ1v) is 3.69. The van der Waals surface area contributed by atoms with Crippen molar-refractivity contribution < 1.29 is 4.79 Å². The zero-order valence-electron chi connectivity index (χ0n) is 6.76. The zero-order valence-corrected chi connectivity index (χ0v) is 6.76. The number of nitrogens with one attached hydrogen (secondary N) is 1. The van der Waals surface area contributed by atoms with E-state index in [1.165, 1.54) is 0 Å². The van der Waals surface area contributed by atoms with Crippen LogP contribution in [-0.4, -0.2) is 18.5 Å². The first kappa shape index (κ1) is 9.99. The summed E-state index contributed by atoms with van der Waals surface area (Å²) in [6.45, 7) is 2.64. The molecule has 0 aromatic rings. The van der Waals surface area contributed by atoms with Crippen LogP contribution in [0.25, 0.3) is 0 Å². The highest BCUT2D eigenvalue weighted by Gasteiger charge is 2.09. The highest BCUT2D eigenvalue weighted by Crippen LogP contribution is 1.85. The number of amides is 1. The molecule has 0 heterocycles. The van der Waals surface area contributed by atoms with Crippen LogP contribution in [0.3, 0.4) is 0 Å². The van der Waals surface area contributed by atoms with Crippen molar-refractivity contribution in [3.63, 3.8) is 0 Å². The van der Waals surface area contributed by atoms with Gasteiger partial charge < -0.3 is 11.1 Å². The zero-order chi connectivity index (χ0) is 8.69. The molecule has 0 saturated heterocycles. The Kier molecular flexibility index (Phi) is 5.22. The predicted molar refractivity (Wildman–Crippen MR) is 44.7 cm³/mol. The third-order valence-corrected chi connectivity index (χ3v) is 1.22. The van der Waals surface area contributed by atoms with E-state index in [1.54, 1.807) is 0 Å². The van der Waals surface area contributed by atoms with Crippen molar-refractivity contribution in [2.24, 2.45) is 5.73 Å². The lowest BCUT2D eigenvalue weighted by molar-refractivity contribution is -0.122. The maximum atomic E-state index is 11.0. The van der Waals surface area contributed by atoms with Gasteiger partial charge in [0.05, 0.1) is 6.04 Å². The number of hydrogen-bond acceptors (Lipinski definition) is 2. The fourth-order valence-electron chi connectivity index (χ4n) is 0.599. The third kappa shape index (κ3) is 4.40. The van der Waals surface area contributed by atoms with Crippen LogP contribution in [0.5, 0.6) is 0 Å². The number of rotatable bonds is 4. The minimum Gasteiger partial charge on any atom is -0.355 e. The Hall–Kier alpha value is -1.01. The molecule has 0 aliphatic rings. The molecule has 0 aromatic heterocycles. The summed E-state index contributed by atoms with van der Waals surface area (Å²) in [5.74, 6) is 2.18. The molecule has 0 aliphatic carbocycles. The monoisotopic (exact) mass is 154 g/mol. The van der Waals surface area contributed by atoms with Crippen molar-refractivity contribution in [1.82, 2.24) is 5.32 Å². The smallest absolute Gasteiger partial charge is 0.237 e. The van der Waals surface area contributed by atoms with Crippen molar-refractivity contribution in [3.05, 3.63) is 0 Å². The second-order valence-corrected chi connectivity index (χ2v) is 2.31. The van der Waals surface area contributed by atoms with Crippen molar-refractivity contribution in [3.8, 4) is 12.3 Å². The molecule has 0 aromatic carbocycles. The van der Waals surface area contributed by atoms with E-state index >= 15 is 0 Å². The second-order valence-electron chi connectivity index (χ2n) is 2.31. The van der Waals surface area contributed by atoms with Crippen LogP contribution < -0.4 is 11.1 Å². The first-order valence-electron chi connectivity index (χ1n) is 3.69. The van der Waals surface area contributed by atoms with E-state index in [1.807, 2.05) is 6.92 Å². The summed E-state index contributed by atoms with van der Waals surface area (Å²) in [5.41, 5.74) is 5.41. The average Bonchev–Trinajstić information content (AvgIpc) is 2.00. The lowest BCUT2D eigenvalue weighted by Crippen LogP contribution is -2.40. The van der Waals surface area contributed by atoms with Crippen LogP contribution in [0.1, 0.15) is 19.8 Å². The highest BCUT2D eigenvalue weighted by molar-refractivity contribution is 5.81. The summed E-state index contributed by atoms with van der Waals surface area (Å²) in [6, 6.07) is -0.549. The van der Waals surface area contributed by atoms with Gasteiger partial charge in [0, 0.05) is 13.0 Å². The third-order valence-electron chi connectivity index (χ3n) is 1.22. The Morgan fingerprint density at radius 1 is 1.82 bits per heavy atom. The first-order chi connectivity index (χ1) is 5.22. The fourth-order valence-corrected chi connectivity index (χ4v) is 0.599. The molecule has 3 N–H and O–H groups in total. The maximum absolute atomic E-state index is 11.0. The van der Waals surface area contributed by atoms with Gasteiger partial charge in [-0.1, -0.05) is 6.92 Å². The molecule has 3 nitrogen and oxygen atoms in total. The largest absolute Gasteiger partial charge is 0.355 e. The second kappa shape index (κ2) is 5.75. The molecule has 0 aliphatic heterocycles. The Bertz CT molecular complexity index is 160. The van der Waals surface area contributed by atoms with Gasteiger partial charge in [-0.25, -0.2) is 0 Å². The maximum Gasteiger partial charge on any atom is 0.237 e. The molecular weight excluding hydrogens is 140 g/mol. The quantitative estimate of drug-likeness (QED) is 0.554. The molecule has 62 valence electrons. The average molecular weight is 154 g/mol. The van der Waals surface area contributed by atoms with Crippen molar-refractivity contribution in [2.75, 3.05) is 6.54 Å². The van der Waals surface area contributed by atoms with E-state index < -0.39 is 6.04 Å². The molecule has 1 atom stereocenters. The lowest BCUT2D eigenvalue weighted by Gasteiger charge is -2.07. The summed E-state index contributed by atoms with van der Waals surface area (Å²) in [6.07, 6.45) is 6.20. The lowest BCUT2D eigenvalue weighted by atomic mass is 10.2. The van der Waals surface area contributed by atoms with Crippen LogP contribution in [-0.2, 0) is 4.79 Å². The normalized spacial score (nSPS) is 11.7. The van der Waals surface area contributed by atoms with Crippen molar-refractivity contribution in [2.45, 2.75) is 25.8 Å². The number of carbonyl (C=O) groups excluding carboxylic acids is 1. The Labute approximate surface area is 67.3 Å². The van der Waals surface area contributed by atoms with Crippen LogP contribution in [0, 0.1) is 12.3 Å². The molecule has 0 fully saturated rings. The van der Waals surface area contributed by atoms with Gasteiger partial charge in [-0.15, -0.1) is 12.3 Å². The van der Waals surface area contributed by atoms with Gasteiger partial charge in [-0.3, -0.25) is 4.79 Å². The Morgan fingerprint density at radius 2 is 2.45 bits per heavy atom. The van der Waals surface area contributed by atoms with E-state index in [-0.39, 0.29) is 5.91 Å². The molecule has 3 heteroatoms. The fraction of sp³-hybridized carbons (Fsp3) is 0.625. The number of hydrogen-bond donors (Lipinski definition) is 2. The van der Waals surface area contributed by atoms with Crippen molar-refractivity contribution in [1.29, 1.82) is 0 Å². The summed E-state index contributed by atoms with van der Waals surface area (Å²) in [4.78, 5) is 11.0. The van der Waals surface area contributed by atoms with Gasteiger partial charge in [0.25, 0.3) is 0 Å².